The molecule has 19 heavy (non-hydrogen) atoms. The number of benzene rings is 1. The zero-order valence-electron chi connectivity index (χ0n) is 11.3. The minimum Gasteiger partial charge on any atom is -0.491 e. The zero-order valence-corrected chi connectivity index (χ0v) is 11.3. The van der Waals surface area contributed by atoms with Gasteiger partial charge in [0.25, 0.3) is 0 Å². The summed E-state index contributed by atoms with van der Waals surface area (Å²) in [5.41, 5.74) is 1.04. The summed E-state index contributed by atoms with van der Waals surface area (Å²) in [5.74, 6) is 0.824. The molecule has 0 spiro atoms. The molecular formula is C14H20N2O3. The summed E-state index contributed by atoms with van der Waals surface area (Å²) in [6, 6.07) is 7.61. The number of hydrogen-bond donors (Lipinski definition) is 2. The van der Waals surface area contributed by atoms with Crippen LogP contribution in [-0.2, 0) is 0 Å². The van der Waals surface area contributed by atoms with Crippen LogP contribution in [0.3, 0.4) is 0 Å². The fourth-order valence-electron chi connectivity index (χ4n) is 2.24. The monoisotopic (exact) mass is 264 g/mol. The summed E-state index contributed by atoms with van der Waals surface area (Å²) in [5, 5.41) is 11.8. The van der Waals surface area contributed by atoms with Crippen LogP contribution in [0, 0.1) is 0 Å². The van der Waals surface area contributed by atoms with Gasteiger partial charge in [-0.15, -0.1) is 0 Å². The van der Waals surface area contributed by atoms with Crippen molar-refractivity contribution in [3.63, 3.8) is 0 Å². The number of β-amino-alcohol motifs (C(OH)–C–C–N with tert-alkyl or cyclic N) is 1. The molecule has 2 N–H and O–H groups in total. The van der Waals surface area contributed by atoms with E-state index in [2.05, 4.69) is 5.32 Å². The molecule has 2 rings (SSSR count). The molecule has 1 aliphatic rings. The van der Waals surface area contributed by atoms with E-state index in [9.17, 15) is 4.79 Å². The highest BCUT2D eigenvalue weighted by Crippen LogP contribution is 2.26. The van der Waals surface area contributed by atoms with Crippen LogP contribution >= 0.6 is 0 Å². The fraction of sp³-hybridized carbons (Fsp3) is 0.500. The Morgan fingerprint density at radius 3 is 2.68 bits per heavy atom. The Bertz CT molecular complexity index is 431. The van der Waals surface area contributed by atoms with E-state index in [0.717, 1.165) is 11.3 Å². The van der Waals surface area contributed by atoms with Gasteiger partial charge in [-0.3, -0.25) is 0 Å². The highest BCUT2D eigenvalue weighted by Gasteiger charge is 2.31. The molecule has 1 saturated heterocycles. The van der Waals surface area contributed by atoms with E-state index < -0.39 is 0 Å². The maximum atomic E-state index is 11.6. The van der Waals surface area contributed by atoms with Crippen molar-refractivity contribution in [1.82, 2.24) is 10.2 Å². The Morgan fingerprint density at radius 1 is 1.42 bits per heavy atom. The number of carbonyl (C=O) groups excluding carboxylic acids is 1. The van der Waals surface area contributed by atoms with Crippen molar-refractivity contribution >= 4 is 6.03 Å². The standard InChI is InChI=1S/C14H20N2O3/c1-10(2)19-12-5-3-11(4-6-12)13-9-15-14(18)16(13)7-8-17/h3-6,10,13,17H,7-9H2,1-2H3,(H,15,18). The summed E-state index contributed by atoms with van der Waals surface area (Å²) in [4.78, 5) is 13.3. The number of nitrogens with one attached hydrogen (secondary N) is 1. The third-order valence-corrected chi connectivity index (χ3v) is 3.06. The number of amides is 2. The van der Waals surface area contributed by atoms with Crippen molar-refractivity contribution in [2.45, 2.75) is 26.0 Å². The molecule has 1 fully saturated rings. The molecule has 2 amide bonds. The molecule has 1 unspecified atom stereocenters. The third kappa shape index (κ3) is 3.17. The fourth-order valence-corrected chi connectivity index (χ4v) is 2.24. The molecule has 1 atom stereocenters. The molecule has 0 aromatic heterocycles. The van der Waals surface area contributed by atoms with Gasteiger partial charge in [0, 0.05) is 13.1 Å². The van der Waals surface area contributed by atoms with Crippen LogP contribution < -0.4 is 10.1 Å². The van der Waals surface area contributed by atoms with Crippen molar-refractivity contribution in [2.75, 3.05) is 19.7 Å². The van der Waals surface area contributed by atoms with E-state index >= 15 is 0 Å². The summed E-state index contributed by atoms with van der Waals surface area (Å²) < 4.78 is 5.59. The second kappa shape index (κ2) is 5.93. The van der Waals surface area contributed by atoms with Crippen molar-refractivity contribution in [3.05, 3.63) is 29.8 Å². The van der Waals surface area contributed by atoms with Gasteiger partial charge < -0.3 is 20.1 Å². The molecule has 0 bridgehead atoms. The van der Waals surface area contributed by atoms with Crippen LogP contribution in [0.2, 0.25) is 0 Å². The van der Waals surface area contributed by atoms with E-state index in [0.29, 0.717) is 13.1 Å². The second-order valence-electron chi connectivity index (χ2n) is 4.85. The summed E-state index contributed by atoms with van der Waals surface area (Å²) in [6.45, 7) is 4.86. The third-order valence-electron chi connectivity index (χ3n) is 3.06. The van der Waals surface area contributed by atoms with Gasteiger partial charge in [-0.1, -0.05) is 12.1 Å². The van der Waals surface area contributed by atoms with Crippen molar-refractivity contribution < 1.29 is 14.6 Å². The number of rotatable bonds is 5. The average Bonchev–Trinajstić information content (AvgIpc) is 2.72. The number of aliphatic hydroxyl groups is 1. The maximum absolute atomic E-state index is 11.6. The lowest BCUT2D eigenvalue weighted by Crippen LogP contribution is -2.32. The van der Waals surface area contributed by atoms with E-state index in [1.807, 2.05) is 38.1 Å². The first-order chi connectivity index (χ1) is 9.11. The first-order valence-corrected chi connectivity index (χ1v) is 6.53. The van der Waals surface area contributed by atoms with Crippen LogP contribution in [0.4, 0.5) is 4.79 Å². The molecule has 1 aromatic carbocycles. The average molecular weight is 264 g/mol. The quantitative estimate of drug-likeness (QED) is 0.848. The van der Waals surface area contributed by atoms with Crippen LogP contribution in [0.1, 0.15) is 25.5 Å². The highest BCUT2D eigenvalue weighted by molar-refractivity contribution is 5.77. The smallest absolute Gasteiger partial charge is 0.318 e. The lowest BCUT2D eigenvalue weighted by Gasteiger charge is -2.22. The summed E-state index contributed by atoms with van der Waals surface area (Å²) in [7, 11) is 0. The van der Waals surface area contributed by atoms with E-state index in [4.69, 9.17) is 9.84 Å². The predicted octanol–water partition coefficient (Wildman–Crippen LogP) is 1.53. The van der Waals surface area contributed by atoms with Gasteiger partial charge in [-0.05, 0) is 31.5 Å². The normalized spacial score (nSPS) is 18.8. The number of hydrogen-bond acceptors (Lipinski definition) is 3. The minimum absolute atomic E-state index is 0.0206. The van der Waals surface area contributed by atoms with Crippen molar-refractivity contribution in [2.24, 2.45) is 0 Å². The second-order valence-corrected chi connectivity index (χ2v) is 4.85. The highest BCUT2D eigenvalue weighted by atomic mass is 16.5. The molecule has 0 radical (unpaired) electrons. The van der Waals surface area contributed by atoms with Crippen LogP contribution in [0.15, 0.2) is 24.3 Å². The molecule has 1 aromatic rings. The molecule has 1 heterocycles. The molecule has 104 valence electrons. The topological polar surface area (TPSA) is 61.8 Å². The van der Waals surface area contributed by atoms with Gasteiger partial charge in [0.15, 0.2) is 0 Å². The van der Waals surface area contributed by atoms with Gasteiger partial charge in [-0.25, -0.2) is 4.79 Å². The Balaban J connectivity index is 2.10. The van der Waals surface area contributed by atoms with Gasteiger partial charge in [0.1, 0.15) is 5.75 Å². The lowest BCUT2D eigenvalue weighted by atomic mass is 10.1. The summed E-state index contributed by atoms with van der Waals surface area (Å²) >= 11 is 0. The summed E-state index contributed by atoms with van der Waals surface area (Å²) in [6.07, 6.45) is 0.145. The number of aliphatic hydroxyl groups excluding tert-OH is 1. The number of nitrogens with zero attached hydrogens (tertiary/aromatic N) is 1. The van der Waals surface area contributed by atoms with Gasteiger partial charge in [0.05, 0.1) is 18.8 Å². The number of ether oxygens (including phenoxy) is 1. The molecular weight excluding hydrogens is 244 g/mol. The Hall–Kier alpha value is -1.75. The van der Waals surface area contributed by atoms with Crippen LogP contribution in [-0.4, -0.2) is 41.8 Å². The van der Waals surface area contributed by atoms with Crippen LogP contribution in [0.25, 0.3) is 0 Å². The van der Waals surface area contributed by atoms with Gasteiger partial charge in [0.2, 0.25) is 0 Å². The minimum atomic E-state index is -0.124. The largest absolute Gasteiger partial charge is 0.491 e. The Kier molecular flexibility index (Phi) is 4.27. The van der Waals surface area contributed by atoms with Crippen molar-refractivity contribution in [3.8, 4) is 5.75 Å². The zero-order chi connectivity index (χ0) is 13.8. The predicted molar refractivity (Wildman–Crippen MR) is 72.1 cm³/mol. The first kappa shape index (κ1) is 13.7. The van der Waals surface area contributed by atoms with Crippen molar-refractivity contribution in [1.29, 1.82) is 0 Å². The SMILES string of the molecule is CC(C)Oc1ccc(C2CNC(=O)N2CCO)cc1. The molecule has 0 saturated carbocycles. The van der Waals surface area contributed by atoms with E-state index in [1.54, 1.807) is 4.90 Å². The molecule has 5 nitrogen and oxygen atoms in total. The van der Waals surface area contributed by atoms with E-state index in [-0.39, 0.29) is 24.8 Å². The first-order valence-electron chi connectivity index (χ1n) is 6.53. The van der Waals surface area contributed by atoms with Gasteiger partial charge >= 0.3 is 6.03 Å². The number of carbonyl (C=O) groups is 1. The number of urea groups is 1. The maximum Gasteiger partial charge on any atom is 0.318 e. The molecule has 1 aliphatic heterocycles. The van der Waals surface area contributed by atoms with E-state index in [1.165, 1.54) is 0 Å². The molecule has 5 heteroatoms. The van der Waals surface area contributed by atoms with Crippen LogP contribution in [0.5, 0.6) is 5.75 Å². The van der Waals surface area contributed by atoms with Gasteiger partial charge in [-0.2, -0.15) is 0 Å². The lowest BCUT2D eigenvalue weighted by molar-refractivity contribution is 0.179. The molecule has 0 aliphatic carbocycles. The Labute approximate surface area is 113 Å². The Morgan fingerprint density at radius 2 is 2.11 bits per heavy atom.